The zero-order valence-corrected chi connectivity index (χ0v) is 9.88. The Hall–Kier alpha value is -0.610. The van der Waals surface area contributed by atoms with Crippen LogP contribution in [0.5, 0.6) is 0 Å². The monoisotopic (exact) mass is 217 g/mol. The van der Waals surface area contributed by atoms with Crippen molar-refractivity contribution < 1.29 is 14.3 Å². The lowest BCUT2D eigenvalue weighted by atomic mass is 10.3. The van der Waals surface area contributed by atoms with Gasteiger partial charge in [-0.05, 0) is 19.4 Å². The SMILES string of the molecule is CCCCOCCNCCCC(=O)OC. The van der Waals surface area contributed by atoms with Gasteiger partial charge in [0.25, 0.3) is 0 Å². The molecule has 15 heavy (non-hydrogen) atoms. The van der Waals surface area contributed by atoms with Crippen LogP contribution in [0.1, 0.15) is 32.6 Å². The molecule has 0 aliphatic carbocycles. The molecule has 0 aromatic rings. The van der Waals surface area contributed by atoms with Crippen LogP contribution in [0.3, 0.4) is 0 Å². The number of unbranched alkanes of at least 4 members (excludes halogenated alkanes) is 1. The molecule has 4 nitrogen and oxygen atoms in total. The first-order chi connectivity index (χ1) is 7.31. The minimum absolute atomic E-state index is 0.143. The summed E-state index contributed by atoms with van der Waals surface area (Å²) >= 11 is 0. The van der Waals surface area contributed by atoms with E-state index in [9.17, 15) is 4.79 Å². The van der Waals surface area contributed by atoms with Crippen molar-refractivity contribution >= 4 is 5.97 Å². The molecular formula is C11H23NO3. The fraction of sp³-hybridized carbons (Fsp3) is 0.909. The van der Waals surface area contributed by atoms with E-state index in [2.05, 4.69) is 17.0 Å². The Labute approximate surface area is 92.3 Å². The third-order valence-electron chi connectivity index (χ3n) is 2.03. The summed E-state index contributed by atoms with van der Waals surface area (Å²) in [5, 5.41) is 3.21. The number of carbonyl (C=O) groups excluding carboxylic acids is 1. The highest BCUT2D eigenvalue weighted by atomic mass is 16.5. The smallest absolute Gasteiger partial charge is 0.305 e. The van der Waals surface area contributed by atoms with E-state index in [0.29, 0.717) is 6.42 Å². The minimum atomic E-state index is -0.143. The largest absolute Gasteiger partial charge is 0.469 e. The first kappa shape index (κ1) is 14.4. The molecule has 0 bridgehead atoms. The van der Waals surface area contributed by atoms with Crippen molar-refractivity contribution in [3.8, 4) is 0 Å². The van der Waals surface area contributed by atoms with Gasteiger partial charge >= 0.3 is 5.97 Å². The Morgan fingerprint density at radius 2 is 2.00 bits per heavy atom. The maximum atomic E-state index is 10.7. The number of methoxy groups -OCH3 is 1. The Morgan fingerprint density at radius 3 is 2.67 bits per heavy atom. The van der Waals surface area contributed by atoms with Gasteiger partial charge < -0.3 is 14.8 Å². The zero-order chi connectivity index (χ0) is 11.4. The highest BCUT2D eigenvalue weighted by molar-refractivity contribution is 5.68. The second-order valence-corrected chi connectivity index (χ2v) is 3.40. The molecule has 0 amide bonds. The van der Waals surface area contributed by atoms with Crippen molar-refractivity contribution in [3.05, 3.63) is 0 Å². The van der Waals surface area contributed by atoms with Gasteiger partial charge in [0.1, 0.15) is 0 Å². The van der Waals surface area contributed by atoms with Gasteiger partial charge in [-0.25, -0.2) is 0 Å². The maximum Gasteiger partial charge on any atom is 0.305 e. The number of hydrogen-bond acceptors (Lipinski definition) is 4. The molecule has 1 N–H and O–H groups in total. The lowest BCUT2D eigenvalue weighted by Gasteiger charge is -2.05. The average Bonchev–Trinajstić information content (AvgIpc) is 2.26. The molecule has 0 saturated carbocycles. The number of nitrogens with one attached hydrogen (secondary N) is 1. The topological polar surface area (TPSA) is 47.6 Å². The molecule has 0 aromatic carbocycles. The van der Waals surface area contributed by atoms with Crippen molar-refractivity contribution in [2.75, 3.05) is 33.4 Å². The summed E-state index contributed by atoms with van der Waals surface area (Å²) in [7, 11) is 1.41. The van der Waals surface area contributed by atoms with Crippen molar-refractivity contribution in [2.24, 2.45) is 0 Å². The first-order valence-electron chi connectivity index (χ1n) is 5.66. The molecule has 0 aromatic heterocycles. The number of carbonyl (C=O) groups is 1. The molecule has 0 rings (SSSR count). The number of esters is 1. The number of ether oxygens (including phenoxy) is 2. The summed E-state index contributed by atoms with van der Waals surface area (Å²) in [4.78, 5) is 10.7. The van der Waals surface area contributed by atoms with E-state index in [1.54, 1.807) is 0 Å². The minimum Gasteiger partial charge on any atom is -0.469 e. The van der Waals surface area contributed by atoms with Gasteiger partial charge in [-0.1, -0.05) is 13.3 Å². The Kier molecular flexibility index (Phi) is 11.0. The predicted molar refractivity (Wildman–Crippen MR) is 59.8 cm³/mol. The van der Waals surface area contributed by atoms with Crippen LogP contribution in [0, 0.1) is 0 Å². The normalized spacial score (nSPS) is 10.3. The molecule has 0 atom stereocenters. The van der Waals surface area contributed by atoms with Gasteiger partial charge in [0.15, 0.2) is 0 Å². The van der Waals surface area contributed by atoms with E-state index in [1.807, 2.05) is 0 Å². The van der Waals surface area contributed by atoms with Crippen LogP contribution in [0.4, 0.5) is 0 Å². The van der Waals surface area contributed by atoms with E-state index in [0.717, 1.165) is 39.1 Å². The van der Waals surface area contributed by atoms with E-state index >= 15 is 0 Å². The van der Waals surface area contributed by atoms with Gasteiger partial charge in [-0.3, -0.25) is 4.79 Å². The third kappa shape index (κ3) is 11.3. The Bertz CT molecular complexity index is 151. The molecule has 0 spiro atoms. The second kappa shape index (κ2) is 11.5. The maximum absolute atomic E-state index is 10.7. The molecule has 90 valence electrons. The summed E-state index contributed by atoms with van der Waals surface area (Å²) < 4.78 is 9.90. The summed E-state index contributed by atoms with van der Waals surface area (Å²) in [6, 6.07) is 0. The fourth-order valence-corrected chi connectivity index (χ4v) is 1.08. The predicted octanol–water partition coefficient (Wildman–Crippen LogP) is 1.35. The second-order valence-electron chi connectivity index (χ2n) is 3.40. The quantitative estimate of drug-likeness (QED) is 0.443. The summed E-state index contributed by atoms with van der Waals surface area (Å²) in [5.74, 6) is -0.143. The van der Waals surface area contributed by atoms with Gasteiger partial charge in [-0.15, -0.1) is 0 Å². The molecular weight excluding hydrogens is 194 g/mol. The molecule has 0 aliphatic rings. The highest BCUT2D eigenvalue weighted by Crippen LogP contribution is 1.89. The lowest BCUT2D eigenvalue weighted by molar-refractivity contribution is -0.140. The van der Waals surface area contributed by atoms with Gasteiger partial charge in [0.2, 0.25) is 0 Å². The van der Waals surface area contributed by atoms with Crippen LogP contribution in [0.25, 0.3) is 0 Å². The van der Waals surface area contributed by atoms with Gasteiger partial charge in [0.05, 0.1) is 13.7 Å². The molecule has 0 saturated heterocycles. The van der Waals surface area contributed by atoms with Crippen LogP contribution < -0.4 is 5.32 Å². The summed E-state index contributed by atoms with van der Waals surface area (Å²) in [5.41, 5.74) is 0. The van der Waals surface area contributed by atoms with Crippen molar-refractivity contribution in [3.63, 3.8) is 0 Å². The van der Waals surface area contributed by atoms with Crippen molar-refractivity contribution in [1.82, 2.24) is 5.32 Å². The molecule has 0 unspecified atom stereocenters. The molecule has 0 fully saturated rings. The summed E-state index contributed by atoms with van der Waals surface area (Å²) in [6.07, 6.45) is 3.61. The van der Waals surface area contributed by atoms with Crippen molar-refractivity contribution in [2.45, 2.75) is 32.6 Å². The lowest BCUT2D eigenvalue weighted by Crippen LogP contribution is -2.21. The van der Waals surface area contributed by atoms with E-state index in [1.165, 1.54) is 13.5 Å². The molecule has 0 heterocycles. The molecule has 4 heteroatoms. The van der Waals surface area contributed by atoms with E-state index in [-0.39, 0.29) is 5.97 Å². The Morgan fingerprint density at radius 1 is 1.20 bits per heavy atom. The fourth-order valence-electron chi connectivity index (χ4n) is 1.08. The van der Waals surface area contributed by atoms with E-state index < -0.39 is 0 Å². The average molecular weight is 217 g/mol. The zero-order valence-electron chi connectivity index (χ0n) is 9.88. The van der Waals surface area contributed by atoms with Crippen LogP contribution in [-0.4, -0.2) is 39.4 Å². The van der Waals surface area contributed by atoms with Crippen LogP contribution in [0.15, 0.2) is 0 Å². The van der Waals surface area contributed by atoms with Crippen LogP contribution >= 0.6 is 0 Å². The van der Waals surface area contributed by atoms with Crippen LogP contribution in [-0.2, 0) is 14.3 Å². The third-order valence-corrected chi connectivity index (χ3v) is 2.03. The standard InChI is InChI=1S/C11H23NO3/c1-3-4-9-15-10-8-12-7-5-6-11(13)14-2/h12H,3-10H2,1-2H3. The van der Waals surface area contributed by atoms with Gasteiger partial charge in [0, 0.05) is 19.6 Å². The van der Waals surface area contributed by atoms with E-state index in [4.69, 9.17) is 4.74 Å². The van der Waals surface area contributed by atoms with Crippen LogP contribution in [0.2, 0.25) is 0 Å². The number of hydrogen-bond donors (Lipinski definition) is 1. The molecule has 0 aliphatic heterocycles. The van der Waals surface area contributed by atoms with Crippen molar-refractivity contribution in [1.29, 1.82) is 0 Å². The highest BCUT2D eigenvalue weighted by Gasteiger charge is 1.98. The first-order valence-corrected chi connectivity index (χ1v) is 5.66. The molecule has 0 radical (unpaired) electrons. The number of rotatable bonds is 10. The Balaban J connectivity index is 2.95. The summed E-state index contributed by atoms with van der Waals surface area (Å²) in [6.45, 7) is 5.43. The van der Waals surface area contributed by atoms with Gasteiger partial charge in [-0.2, -0.15) is 0 Å².